The first kappa shape index (κ1) is 23.2. The van der Waals surface area contributed by atoms with Crippen LogP contribution in [0.25, 0.3) is 5.70 Å². The number of carbonyl (C=O) groups excluding carboxylic acids is 2. The fraction of sp³-hybridized carbons (Fsp3) is 0.143. The summed E-state index contributed by atoms with van der Waals surface area (Å²) in [4.78, 5) is 26.3. The summed E-state index contributed by atoms with van der Waals surface area (Å²) >= 11 is 12.6. The smallest absolute Gasteiger partial charge is 0.336 e. The molecular formula is C28H21Cl2NO4. The van der Waals surface area contributed by atoms with E-state index in [1.54, 1.807) is 37.3 Å². The normalized spacial score (nSPS) is 16.6. The summed E-state index contributed by atoms with van der Waals surface area (Å²) in [5.74, 6) is -0.771. The van der Waals surface area contributed by atoms with Gasteiger partial charge in [-0.15, -0.1) is 0 Å². The maximum Gasteiger partial charge on any atom is 0.336 e. The van der Waals surface area contributed by atoms with Gasteiger partial charge < -0.3 is 14.8 Å². The zero-order valence-electron chi connectivity index (χ0n) is 19.0. The average molecular weight is 506 g/mol. The minimum Gasteiger partial charge on any atom is -0.487 e. The Morgan fingerprint density at radius 2 is 1.71 bits per heavy atom. The fourth-order valence-corrected chi connectivity index (χ4v) is 4.97. The number of halogens is 2. The SMILES string of the molecule is COC(=O)C1=C(C)NC2=C(C(=O)c3ccccc32)[C@@H]1c1ccc(OCc2ccc(Cl)cc2)c(Cl)c1. The summed E-state index contributed by atoms with van der Waals surface area (Å²) in [5, 5.41) is 4.30. The van der Waals surface area contributed by atoms with Crippen molar-refractivity contribution in [3.05, 3.63) is 116 Å². The molecule has 0 radical (unpaired) electrons. The third-order valence-corrected chi connectivity index (χ3v) is 6.80. The Morgan fingerprint density at radius 1 is 1.00 bits per heavy atom. The lowest BCUT2D eigenvalue weighted by Crippen LogP contribution is -2.29. The van der Waals surface area contributed by atoms with Gasteiger partial charge in [0.05, 0.1) is 23.4 Å². The lowest BCUT2D eigenvalue weighted by molar-refractivity contribution is -0.136. The van der Waals surface area contributed by atoms with Crippen LogP contribution in [0.5, 0.6) is 5.75 Å². The van der Waals surface area contributed by atoms with Crippen LogP contribution < -0.4 is 10.1 Å². The van der Waals surface area contributed by atoms with Gasteiger partial charge in [-0.25, -0.2) is 4.79 Å². The second-order valence-corrected chi connectivity index (χ2v) is 9.20. The highest BCUT2D eigenvalue weighted by Gasteiger charge is 2.42. The van der Waals surface area contributed by atoms with Gasteiger partial charge in [-0.05, 0) is 42.3 Å². The van der Waals surface area contributed by atoms with Crippen molar-refractivity contribution in [2.75, 3.05) is 7.11 Å². The van der Waals surface area contributed by atoms with Crippen molar-refractivity contribution in [2.45, 2.75) is 19.4 Å². The predicted molar refractivity (Wildman–Crippen MR) is 136 cm³/mol. The van der Waals surface area contributed by atoms with Crippen LogP contribution in [0.1, 0.15) is 39.9 Å². The van der Waals surface area contributed by atoms with Crippen molar-refractivity contribution >= 4 is 40.7 Å². The van der Waals surface area contributed by atoms with Crippen LogP contribution in [0.3, 0.4) is 0 Å². The number of dihydropyridines is 1. The third kappa shape index (κ3) is 4.11. The largest absolute Gasteiger partial charge is 0.487 e. The molecule has 0 fully saturated rings. The number of methoxy groups -OCH3 is 1. The third-order valence-electron chi connectivity index (χ3n) is 6.25. The van der Waals surface area contributed by atoms with Gasteiger partial charge in [-0.3, -0.25) is 4.79 Å². The van der Waals surface area contributed by atoms with Gasteiger partial charge >= 0.3 is 5.97 Å². The molecule has 5 nitrogen and oxygen atoms in total. The number of fused-ring (bicyclic) bond motifs is 2. The Labute approximate surface area is 213 Å². The summed E-state index contributed by atoms with van der Waals surface area (Å²) in [5.41, 5.74) is 5.27. The number of esters is 1. The van der Waals surface area contributed by atoms with Crippen LogP contribution in [-0.4, -0.2) is 18.9 Å². The van der Waals surface area contributed by atoms with E-state index >= 15 is 0 Å². The van der Waals surface area contributed by atoms with Gasteiger partial charge in [-0.2, -0.15) is 0 Å². The van der Waals surface area contributed by atoms with Gasteiger partial charge in [0, 0.05) is 33.3 Å². The van der Waals surface area contributed by atoms with Gasteiger partial charge in [0.1, 0.15) is 12.4 Å². The Kier molecular flexibility index (Phi) is 6.13. The van der Waals surface area contributed by atoms with E-state index in [-0.39, 0.29) is 5.78 Å². The molecule has 0 spiro atoms. The van der Waals surface area contributed by atoms with Crippen molar-refractivity contribution in [3.8, 4) is 5.75 Å². The van der Waals surface area contributed by atoms with Crippen LogP contribution in [-0.2, 0) is 16.1 Å². The van der Waals surface area contributed by atoms with Crippen molar-refractivity contribution < 1.29 is 19.1 Å². The summed E-state index contributed by atoms with van der Waals surface area (Å²) < 4.78 is 11.0. The zero-order chi connectivity index (χ0) is 24.7. The first-order chi connectivity index (χ1) is 16.9. The second kappa shape index (κ2) is 9.25. The molecule has 176 valence electrons. The zero-order valence-corrected chi connectivity index (χ0v) is 20.5. The molecule has 3 aromatic rings. The van der Waals surface area contributed by atoms with E-state index in [2.05, 4.69) is 5.32 Å². The first-order valence-electron chi connectivity index (χ1n) is 11.0. The highest BCUT2D eigenvalue weighted by atomic mass is 35.5. The van der Waals surface area contributed by atoms with E-state index in [0.717, 1.165) is 11.1 Å². The highest BCUT2D eigenvalue weighted by molar-refractivity contribution is 6.32. The van der Waals surface area contributed by atoms with Gasteiger partial charge in [0.15, 0.2) is 5.78 Å². The number of carbonyl (C=O) groups is 2. The van der Waals surface area contributed by atoms with Crippen molar-refractivity contribution in [2.24, 2.45) is 0 Å². The molecule has 0 saturated carbocycles. The van der Waals surface area contributed by atoms with E-state index in [9.17, 15) is 9.59 Å². The minimum absolute atomic E-state index is 0.124. The molecule has 0 saturated heterocycles. The summed E-state index contributed by atoms with van der Waals surface area (Å²) in [6.07, 6.45) is 0. The molecule has 2 aliphatic rings. The lowest BCUT2D eigenvalue weighted by atomic mass is 9.80. The molecule has 1 aliphatic carbocycles. The van der Waals surface area contributed by atoms with Gasteiger partial charge in [0.2, 0.25) is 0 Å². The molecule has 3 aromatic carbocycles. The molecule has 35 heavy (non-hydrogen) atoms. The number of allylic oxidation sites excluding steroid dienone is 2. The number of rotatable bonds is 5. The molecule has 1 heterocycles. The van der Waals surface area contributed by atoms with E-state index in [1.807, 2.05) is 36.4 Å². The standard InChI is InChI=1S/C28H21Cl2NO4/c1-15-23(28(33)34-2)24(25-26(31-15)19-5-3-4-6-20(19)27(25)32)17-9-12-22(21(30)13-17)35-14-16-7-10-18(29)11-8-16/h3-13,24,31H,14H2,1-2H3/t24-/m1/s1. The Hall–Kier alpha value is -3.54. The number of hydrogen-bond donors (Lipinski definition) is 1. The molecule has 7 heteroatoms. The molecular weight excluding hydrogens is 485 g/mol. The Morgan fingerprint density at radius 3 is 2.40 bits per heavy atom. The van der Waals surface area contributed by atoms with Crippen molar-refractivity contribution in [3.63, 3.8) is 0 Å². The average Bonchev–Trinajstić information content (AvgIpc) is 3.14. The molecule has 1 aliphatic heterocycles. The molecule has 0 bridgehead atoms. The van der Waals surface area contributed by atoms with Crippen molar-refractivity contribution in [1.29, 1.82) is 0 Å². The molecule has 5 rings (SSSR count). The summed E-state index contributed by atoms with van der Waals surface area (Å²) in [6.45, 7) is 2.12. The second-order valence-electron chi connectivity index (χ2n) is 8.36. The molecule has 1 atom stereocenters. The monoisotopic (exact) mass is 505 g/mol. The summed E-state index contributed by atoms with van der Waals surface area (Å²) in [6, 6.07) is 20.1. The number of nitrogens with one attached hydrogen (secondary N) is 1. The highest BCUT2D eigenvalue weighted by Crippen LogP contribution is 2.47. The van der Waals surface area contributed by atoms with Crippen molar-refractivity contribution in [1.82, 2.24) is 5.32 Å². The van der Waals surface area contributed by atoms with Crippen LogP contribution >= 0.6 is 23.2 Å². The Bertz CT molecular complexity index is 1420. The number of Topliss-reactive ketones (excluding diaryl/α,β-unsaturated/α-hetero) is 1. The fourth-order valence-electron chi connectivity index (χ4n) is 4.60. The topological polar surface area (TPSA) is 64.6 Å². The predicted octanol–water partition coefficient (Wildman–Crippen LogP) is 6.31. The molecule has 0 unspecified atom stereocenters. The number of hydrogen-bond acceptors (Lipinski definition) is 5. The van der Waals surface area contributed by atoms with Crippen LogP contribution in [0.2, 0.25) is 10.0 Å². The quantitative estimate of drug-likeness (QED) is 0.411. The number of ketones is 1. The lowest BCUT2D eigenvalue weighted by Gasteiger charge is -2.29. The molecule has 1 N–H and O–H groups in total. The van der Waals surface area contributed by atoms with E-state index in [1.165, 1.54) is 7.11 Å². The Balaban J connectivity index is 1.53. The van der Waals surface area contributed by atoms with E-state index in [4.69, 9.17) is 32.7 Å². The first-order valence-corrected chi connectivity index (χ1v) is 11.8. The molecule has 0 amide bonds. The number of ether oxygens (including phenoxy) is 2. The van der Waals surface area contributed by atoms with Gasteiger partial charge in [0.25, 0.3) is 0 Å². The maximum atomic E-state index is 13.5. The number of benzene rings is 3. The minimum atomic E-state index is -0.638. The van der Waals surface area contributed by atoms with Crippen LogP contribution in [0.4, 0.5) is 0 Å². The van der Waals surface area contributed by atoms with Crippen LogP contribution in [0.15, 0.2) is 83.6 Å². The molecule has 0 aromatic heterocycles. The van der Waals surface area contributed by atoms with Crippen LogP contribution in [0, 0.1) is 0 Å². The van der Waals surface area contributed by atoms with Gasteiger partial charge in [-0.1, -0.05) is 65.7 Å². The van der Waals surface area contributed by atoms with E-state index < -0.39 is 11.9 Å². The van der Waals surface area contributed by atoms with E-state index in [0.29, 0.717) is 56.1 Å². The maximum absolute atomic E-state index is 13.5. The summed E-state index contributed by atoms with van der Waals surface area (Å²) in [7, 11) is 1.33.